The van der Waals surface area contributed by atoms with E-state index in [2.05, 4.69) is 25.8 Å². The summed E-state index contributed by atoms with van der Waals surface area (Å²) in [6, 6.07) is 3.30. The van der Waals surface area contributed by atoms with Crippen molar-refractivity contribution in [2.24, 2.45) is 0 Å². The first kappa shape index (κ1) is 12.0. The minimum atomic E-state index is -0.218. The highest BCUT2D eigenvalue weighted by atomic mass is 16.5. The Morgan fingerprint density at radius 1 is 1.50 bits per heavy atom. The molecule has 7 heteroatoms. The lowest BCUT2D eigenvalue weighted by Gasteiger charge is -2.04. The Kier molecular flexibility index (Phi) is 3.52. The van der Waals surface area contributed by atoms with Crippen molar-refractivity contribution >= 4 is 11.7 Å². The molecule has 2 aromatic heterocycles. The number of pyridine rings is 1. The van der Waals surface area contributed by atoms with E-state index in [0.717, 1.165) is 0 Å². The van der Waals surface area contributed by atoms with Crippen molar-refractivity contribution in [1.82, 2.24) is 20.4 Å². The number of rotatable bonds is 4. The summed E-state index contributed by atoms with van der Waals surface area (Å²) in [6.07, 6.45) is 1.57. The van der Waals surface area contributed by atoms with Gasteiger partial charge in [-0.2, -0.15) is 4.98 Å². The van der Waals surface area contributed by atoms with Gasteiger partial charge in [0, 0.05) is 18.8 Å². The van der Waals surface area contributed by atoms with Crippen LogP contribution >= 0.6 is 0 Å². The average molecular weight is 247 g/mol. The topological polar surface area (TPSA) is 92.9 Å². The smallest absolute Gasteiger partial charge is 0.251 e. The summed E-state index contributed by atoms with van der Waals surface area (Å²) in [6.45, 7) is 1.92. The van der Waals surface area contributed by atoms with Crippen LogP contribution in [0, 0.1) is 6.92 Å². The number of hydrogen-bond acceptors (Lipinski definition) is 6. The van der Waals surface area contributed by atoms with Gasteiger partial charge in [-0.05, 0) is 19.1 Å². The highest BCUT2D eigenvalue weighted by Crippen LogP contribution is 2.06. The zero-order chi connectivity index (χ0) is 13.0. The Bertz CT molecular complexity index is 552. The molecule has 2 heterocycles. The molecule has 0 radical (unpaired) electrons. The first-order valence-electron chi connectivity index (χ1n) is 5.40. The van der Waals surface area contributed by atoms with Crippen molar-refractivity contribution in [1.29, 1.82) is 0 Å². The van der Waals surface area contributed by atoms with E-state index in [1.165, 1.54) is 0 Å². The van der Waals surface area contributed by atoms with Gasteiger partial charge < -0.3 is 15.2 Å². The van der Waals surface area contributed by atoms with E-state index in [4.69, 9.17) is 4.52 Å². The van der Waals surface area contributed by atoms with Gasteiger partial charge in [-0.15, -0.1) is 0 Å². The van der Waals surface area contributed by atoms with Crippen molar-refractivity contribution < 1.29 is 9.32 Å². The largest absolute Gasteiger partial charge is 0.373 e. The number of anilines is 1. The molecule has 0 atom stereocenters. The summed E-state index contributed by atoms with van der Waals surface area (Å²) in [5.41, 5.74) is 0.519. The molecule has 1 amide bonds. The third kappa shape index (κ3) is 2.82. The van der Waals surface area contributed by atoms with Gasteiger partial charge in [0.1, 0.15) is 5.82 Å². The maximum Gasteiger partial charge on any atom is 0.251 e. The molecule has 0 aliphatic carbocycles. The van der Waals surface area contributed by atoms with Crippen molar-refractivity contribution in [2.45, 2.75) is 13.5 Å². The minimum Gasteiger partial charge on any atom is -0.373 e. The van der Waals surface area contributed by atoms with Crippen LogP contribution in [0.4, 0.5) is 5.82 Å². The first-order chi connectivity index (χ1) is 8.69. The molecule has 0 bridgehead atoms. The number of nitrogens with one attached hydrogen (secondary N) is 2. The van der Waals surface area contributed by atoms with Gasteiger partial charge in [-0.3, -0.25) is 4.79 Å². The van der Waals surface area contributed by atoms with E-state index in [0.29, 0.717) is 23.1 Å². The van der Waals surface area contributed by atoms with E-state index in [1.807, 2.05) is 0 Å². The lowest BCUT2D eigenvalue weighted by Crippen LogP contribution is -2.23. The first-order valence-corrected chi connectivity index (χ1v) is 5.40. The number of aryl methyl sites for hydroxylation is 1. The van der Waals surface area contributed by atoms with E-state index < -0.39 is 0 Å². The van der Waals surface area contributed by atoms with Gasteiger partial charge in [0.05, 0.1) is 6.54 Å². The van der Waals surface area contributed by atoms with Gasteiger partial charge in [-0.1, -0.05) is 5.16 Å². The van der Waals surface area contributed by atoms with Crippen molar-refractivity contribution in [2.75, 3.05) is 12.4 Å². The number of nitrogens with zero attached hydrogens (tertiary/aromatic N) is 3. The zero-order valence-corrected chi connectivity index (χ0v) is 10.1. The molecule has 2 rings (SSSR count). The van der Waals surface area contributed by atoms with Gasteiger partial charge in [0.25, 0.3) is 5.91 Å². The van der Waals surface area contributed by atoms with Gasteiger partial charge >= 0.3 is 0 Å². The summed E-state index contributed by atoms with van der Waals surface area (Å²) in [5.74, 6) is 1.34. The van der Waals surface area contributed by atoms with E-state index in [1.54, 1.807) is 32.3 Å². The Morgan fingerprint density at radius 2 is 2.33 bits per heavy atom. The molecule has 0 fully saturated rings. The van der Waals surface area contributed by atoms with Crippen LogP contribution in [0.2, 0.25) is 0 Å². The predicted octanol–water partition coefficient (Wildman–Crippen LogP) is 0.745. The molecular weight excluding hydrogens is 234 g/mol. The molecule has 0 spiro atoms. The molecule has 2 N–H and O–H groups in total. The highest BCUT2D eigenvalue weighted by Gasteiger charge is 2.08. The monoisotopic (exact) mass is 247 g/mol. The Labute approximate surface area is 104 Å². The standard InChI is InChI=1S/C11H13N5O2/c1-7-15-10(18-16-7)6-14-11(17)8-3-4-13-9(5-8)12-2/h3-5H,6H2,1-2H3,(H,12,13)(H,14,17). The van der Waals surface area contributed by atoms with E-state index in [9.17, 15) is 4.79 Å². The van der Waals surface area contributed by atoms with Gasteiger partial charge in [-0.25, -0.2) is 4.98 Å². The molecule has 94 valence electrons. The van der Waals surface area contributed by atoms with Crippen LogP contribution in [0.3, 0.4) is 0 Å². The van der Waals surface area contributed by atoms with Crippen LogP contribution in [0.15, 0.2) is 22.9 Å². The van der Waals surface area contributed by atoms with Crippen LogP contribution in [0.25, 0.3) is 0 Å². The Morgan fingerprint density at radius 3 is 3.00 bits per heavy atom. The number of carbonyl (C=O) groups is 1. The normalized spacial score (nSPS) is 10.1. The van der Waals surface area contributed by atoms with E-state index >= 15 is 0 Å². The predicted molar refractivity (Wildman–Crippen MR) is 64.0 cm³/mol. The molecule has 0 saturated carbocycles. The van der Waals surface area contributed by atoms with Crippen LogP contribution in [0.1, 0.15) is 22.1 Å². The summed E-state index contributed by atoms with van der Waals surface area (Å²) in [4.78, 5) is 19.9. The maximum atomic E-state index is 11.8. The van der Waals surface area contributed by atoms with Crippen LogP contribution in [-0.2, 0) is 6.54 Å². The second kappa shape index (κ2) is 5.26. The third-order valence-corrected chi connectivity index (χ3v) is 2.25. The van der Waals surface area contributed by atoms with Crippen LogP contribution in [-0.4, -0.2) is 28.1 Å². The summed E-state index contributed by atoms with van der Waals surface area (Å²) < 4.78 is 4.89. The fraction of sp³-hybridized carbons (Fsp3) is 0.273. The van der Waals surface area contributed by atoms with Crippen molar-refractivity contribution in [3.63, 3.8) is 0 Å². The molecule has 18 heavy (non-hydrogen) atoms. The minimum absolute atomic E-state index is 0.205. The number of aromatic nitrogens is 3. The molecular formula is C11H13N5O2. The van der Waals surface area contributed by atoms with Crippen LogP contribution in [0.5, 0.6) is 0 Å². The maximum absolute atomic E-state index is 11.8. The lowest BCUT2D eigenvalue weighted by atomic mass is 10.2. The number of amides is 1. The Balaban J connectivity index is 1.99. The molecule has 0 saturated heterocycles. The number of carbonyl (C=O) groups excluding carboxylic acids is 1. The second-order valence-corrected chi connectivity index (χ2v) is 3.60. The van der Waals surface area contributed by atoms with Crippen molar-refractivity contribution in [3.05, 3.63) is 35.6 Å². The zero-order valence-electron chi connectivity index (χ0n) is 10.1. The fourth-order valence-electron chi connectivity index (χ4n) is 1.38. The summed E-state index contributed by atoms with van der Waals surface area (Å²) in [7, 11) is 1.74. The van der Waals surface area contributed by atoms with Gasteiger partial charge in [0.2, 0.25) is 5.89 Å². The molecule has 7 nitrogen and oxygen atoms in total. The SMILES string of the molecule is CNc1cc(C(=O)NCc2nc(C)no2)ccn1. The van der Waals surface area contributed by atoms with Crippen LogP contribution < -0.4 is 10.6 Å². The van der Waals surface area contributed by atoms with Crippen molar-refractivity contribution in [3.8, 4) is 0 Å². The lowest BCUT2D eigenvalue weighted by molar-refractivity contribution is 0.0946. The van der Waals surface area contributed by atoms with Gasteiger partial charge in [0.15, 0.2) is 5.82 Å². The highest BCUT2D eigenvalue weighted by molar-refractivity contribution is 5.94. The molecule has 0 aliphatic rings. The third-order valence-electron chi connectivity index (χ3n) is 2.25. The quantitative estimate of drug-likeness (QED) is 0.828. The molecule has 0 aromatic carbocycles. The molecule has 2 aromatic rings. The fourth-order valence-corrected chi connectivity index (χ4v) is 1.38. The number of hydrogen-bond donors (Lipinski definition) is 2. The second-order valence-electron chi connectivity index (χ2n) is 3.60. The summed E-state index contributed by atoms with van der Waals surface area (Å²) >= 11 is 0. The van der Waals surface area contributed by atoms with E-state index in [-0.39, 0.29) is 12.5 Å². The molecule has 0 aliphatic heterocycles. The average Bonchev–Trinajstić information content (AvgIpc) is 2.82. The summed E-state index contributed by atoms with van der Waals surface area (Å²) in [5, 5.41) is 9.19. The molecule has 0 unspecified atom stereocenters. The Hall–Kier alpha value is -2.44.